The van der Waals surface area contributed by atoms with Crippen LogP contribution in [0.25, 0.3) is 5.32 Å². The van der Waals surface area contributed by atoms with E-state index in [9.17, 15) is 0 Å². The van der Waals surface area contributed by atoms with Crippen molar-refractivity contribution in [1.82, 2.24) is 0 Å². The van der Waals surface area contributed by atoms with Crippen molar-refractivity contribution in [3.05, 3.63) is 66.0 Å². The molecule has 0 spiro atoms. The van der Waals surface area contributed by atoms with Gasteiger partial charge in [-0.1, -0.05) is 55.5 Å². The smallest absolute Gasteiger partial charge is 0.0342 e. The van der Waals surface area contributed by atoms with E-state index in [2.05, 4.69) is 31.3 Å². The molecule has 2 aromatic carbocycles. The SMILES string of the molecule is CC(CC(C)Nc1ccccc1)[N-]c1ccccc1. The Morgan fingerprint density at radius 1 is 0.895 bits per heavy atom. The zero-order chi connectivity index (χ0) is 13.5. The van der Waals surface area contributed by atoms with Gasteiger partial charge in [0, 0.05) is 11.7 Å². The summed E-state index contributed by atoms with van der Waals surface area (Å²) in [6, 6.07) is 21.2. The summed E-state index contributed by atoms with van der Waals surface area (Å²) in [6.07, 6.45) is 1.02. The maximum Gasteiger partial charge on any atom is 0.0342 e. The van der Waals surface area contributed by atoms with E-state index in [0.717, 1.165) is 12.1 Å². The fourth-order valence-electron chi connectivity index (χ4n) is 2.21. The van der Waals surface area contributed by atoms with Crippen LogP contribution >= 0.6 is 0 Å². The van der Waals surface area contributed by atoms with Crippen molar-refractivity contribution in [2.45, 2.75) is 32.4 Å². The van der Waals surface area contributed by atoms with Gasteiger partial charge in [0.25, 0.3) is 0 Å². The lowest BCUT2D eigenvalue weighted by molar-refractivity contribution is 0.651. The molecule has 0 saturated heterocycles. The fraction of sp³-hybridized carbons (Fsp3) is 0.294. The summed E-state index contributed by atoms with van der Waals surface area (Å²) in [5.41, 5.74) is 2.23. The van der Waals surface area contributed by atoms with E-state index in [1.54, 1.807) is 0 Å². The molecule has 2 aromatic rings. The summed E-state index contributed by atoms with van der Waals surface area (Å²) in [5.74, 6) is 0. The molecule has 2 unspecified atom stereocenters. The largest absolute Gasteiger partial charge is 0.682 e. The molecule has 0 aliphatic heterocycles. The maximum atomic E-state index is 4.70. The predicted octanol–water partition coefficient (Wildman–Crippen LogP) is 4.97. The number of hydrogen-bond donors (Lipinski definition) is 1. The Balaban J connectivity index is 1.80. The minimum absolute atomic E-state index is 0.314. The van der Waals surface area contributed by atoms with Gasteiger partial charge in [0.1, 0.15) is 0 Å². The molecule has 1 N–H and O–H groups in total. The molecule has 0 bridgehead atoms. The molecule has 0 aliphatic carbocycles. The van der Waals surface area contributed by atoms with Gasteiger partial charge in [-0.2, -0.15) is 0 Å². The third-order valence-corrected chi connectivity index (χ3v) is 3.01. The van der Waals surface area contributed by atoms with Gasteiger partial charge in [-0.05, 0) is 25.5 Å². The van der Waals surface area contributed by atoms with Crippen molar-refractivity contribution >= 4 is 11.4 Å². The van der Waals surface area contributed by atoms with Crippen molar-refractivity contribution in [3.8, 4) is 0 Å². The highest BCUT2D eigenvalue weighted by atomic mass is 14.9. The molecular weight excluding hydrogens is 232 g/mol. The summed E-state index contributed by atoms with van der Waals surface area (Å²) in [4.78, 5) is 0. The van der Waals surface area contributed by atoms with Crippen LogP contribution in [-0.2, 0) is 0 Å². The Labute approximate surface area is 115 Å². The van der Waals surface area contributed by atoms with Gasteiger partial charge in [-0.15, -0.1) is 11.7 Å². The number of para-hydroxylation sites is 2. The summed E-state index contributed by atoms with van der Waals surface area (Å²) < 4.78 is 0. The summed E-state index contributed by atoms with van der Waals surface area (Å²) in [6.45, 7) is 4.36. The molecular formula is C17H21N2-. The van der Waals surface area contributed by atoms with Gasteiger partial charge in [0.15, 0.2) is 0 Å². The molecule has 0 amide bonds. The second-order valence-corrected chi connectivity index (χ2v) is 4.96. The third-order valence-electron chi connectivity index (χ3n) is 3.01. The summed E-state index contributed by atoms with van der Waals surface area (Å²) in [7, 11) is 0. The second kappa shape index (κ2) is 6.83. The van der Waals surface area contributed by atoms with Crippen molar-refractivity contribution in [3.63, 3.8) is 0 Å². The van der Waals surface area contributed by atoms with Crippen molar-refractivity contribution in [2.24, 2.45) is 0 Å². The molecule has 2 atom stereocenters. The van der Waals surface area contributed by atoms with Gasteiger partial charge in [0.05, 0.1) is 0 Å². The molecule has 2 nitrogen and oxygen atoms in total. The zero-order valence-electron chi connectivity index (χ0n) is 11.6. The molecule has 100 valence electrons. The number of nitrogens with one attached hydrogen (secondary N) is 1. The Hall–Kier alpha value is -1.96. The monoisotopic (exact) mass is 253 g/mol. The van der Waals surface area contributed by atoms with Crippen molar-refractivity contribution in [2.75, 3.05) is 5.32 Å². The van der Waals surface area contributed by atoms with Crippen LogP contribution in [-0.4, -0.2) is 12.1 Å². The van der Waals surface area contributed by atoms with E-state index in [1.807, 2.05) is 48.5 Å². The van der Waals surface area contributed by atoms with Crippen LogP contribution in [0.2, 0.25) is 0 Å². The van der Waals surface area contributed by atoms with Crippen LogP contribution in [0.5, 0.6) is 0 Å². The lowest BCUT2D eigenvalue weighted by Crippen LogP contribution is -2.20. The molecule has 2 rings (SSSR count). The minimum Gasteiger partial charge on any atom is -0.682 e. The molecule has 0 fully saturated rings. The lowest BCUT2D eigenvalue weighted by Gasteiger charge is -2.32. The van der Waals surface area contributed by atoms with E-state index in [0.29, 0.717) is 12.1 Å². The highest BCUT2D eigenvalue weighted by Gasteiger charge is 2.02. The standard InChI is InChI=1S/C17H21N2/c1-14(18-16-9-5-3-6-10-16)13-15(2)19-17-11-7-4-8-12-17/h3-12,14-15,18H,13H2,1-2H3/q-1. The van der Waals surface area contributed by atoms with Gasteiger partial charge >= 0.3 is 0 Å². The van der Waals surface area contributed by atoms with E-state index in [-0.39, 0.29) is 0 Å². The molecule has 0 saturated carbocycles. The van der Waals surface area contributed by atoms with Gasteiger partial charge in [-0.3, -0.25) is 0 Å². The molecule has 0 radical (unpaired) electrons. The van der Waals surface area contributed by atoms with Crippen LogP contribution in [0.4, 0.5) is 11.4 Å². The van der Waals surface area contributed by atoms with E-state index in [1.165, 1.54) is 5.69 Å². The van der Waals surface area contributed by atoms with E-state index < -0.39 is 0 Å². The number of benzene rings is 2. The fourth-order valence-corrected chi connectivity index (χ4v) is 2.21. The number of rotatable bonds is 6. The Bertz CT molecular complexity index is 422. The first-order valence-electron chi connectivity index (χ1n) is 6.81. The van der Waals surface area contributed by atoms with Crippen LogP contribution in [0.1, 0.15) is 20.3 Å². The van der Waals surface area contributed by atoms with Gasteiger partial charge in [-0.25, -0.2) is 0 Å². The highest BCUT2D eigenvalue weighted by molar-refractivity contribution is 5.49. The van der Waals surface area contributed by atoms with Crippen LogP contribution in [0.3, 0.4) is 0 Å². The van der Waals surface area contributed by atoms with E-state index >= 15 is 0 Å². The topological polar surface area (TPSA) is 26.1 Å². The molecule has 19 heavy (non-hydrogen) atoms. The van der Waals surface area contributed by atoms with Gasteiger partial charge < -0.3 is 10.6 Å². The number of anilines is 1. The Kier molecular flexibility index (Phi) is 4.85. The average Bonchev–Trinajstić information content (AvgIpc) is 2.40. The number of nitrogens with zero attached hydrogens (tertiary/aromatic N) is 1. The first-order valence-corrected chi connectivity index (χ1v) is 6.81. The van der Waals surface area contributed by atoms with Crippen LogP contribution < -0.4 is 5.32 Å². The average molecular weight is 253 g/mol. The van der Waals surface area contributed by atoms with Crippen LogP contribution in [0.15, 0.2) is 60.7 Å². The molecule has 0 heterocycles. The first-order chi connectivity index (χ1) is 9.24. The minimum atomic E-state index is 0.314. The quantitative estimate of drug-likeness (QED) is 0.772. The summed E-state index contributed by atoms with van der Waals surface area (Å²) in [5, 5.41) is 8.20. The normalized spacial score (nSPS) is 13.6. The lowest BCUT2D eigenvalue weighted by atomic mass is 10.1. The Morgan fingerprint density at radius 3 is 2.11 bits per heavy atom. The highest BCUT2D eigenvalue weighted by Crippen LogP contribution is 2.23. The van der Waals surface area contributed by atoms with Gasteiger partial charge in [0.2, 0.25) is 0 Å². The Morgan fingerprint density at radius 2 is 1.47 bits per heavy atom. The van der Waals surface area contributed by atoms with Crippen molar-refractivity contribution in [1.29, 1.82) is 0 Å². The maximum absolute atomic E-state index is 4.70. The first kappa shape index (κ1) is 13.5. The van der Waals surface area contributed by atoms with E-state index in [4.69, 9.17) is 5.32 Å². The predicted molar refractivity (Wildman–Crippen MR) is 83.1 cm³/mol. The molecule has 2 heteroatoms. The van der Waals surface area contributed by atoms with Crippen molar-refractivity contribution < 1.29 is 0 Å². The third kappa shape index (κ3) is 4.66. The van der Waals surface area contributed by atoms with Crippen LogP contribution in [0, 0.1) is 0 Å². The zero-order valence-corrected chi connectivity index (χ0v) is 11.6. The number of hydrogen-bond acceptors (Lipinski definition) is 1. The molecule has 0 aliphatic rings. The summed E-state index contributed by atoms with van der Waals surface area (Å²) >= 11 is 0. The molecule has 0 aromatic heterocycles. The second-order valence-electron chi connectivity index (χ2n) is 4.96.